The smallest absolute Gasteiger partial charge is 0.360 e. The number of methoxy groups -OCH3 is 1. The van der Waals surface area contributed by atoms with Crippen molar-refractivity contribution in [3.05, 3.63) is 23.9 Å². The summed E-state index contributed by atoms with van der Waals surface area (Å²) in [7, 11) is -2.23. The third-order valence-electron chi connectivity index (χ3n) is 4.07. The number of carbonyl (C=O) groups excluding carboxylic acids is 1. The average molecular weight is 370 g/mol. The van der Waals surface area contributed by atoms with Crippen LogP contribution in [0.3, 0.4) is 0 Å². The Balaban J connectivity index is 1.82. The number of esters is 1. The van der Waals surface area contributed by atoms with Gasteiger partial charge in [0.05, 0.1) is 12.0 Å². The quantitative estimate of drug-likeness (QED) is 0.769. The number of hydrogen-bond acceptors (Lipinski definition) is 7. The zero-order chi connectivity index (χ0) is 17.3. The first-order valence-corrected chi connectivity index (χ1v) is 9.83. The second-order valence-corrected chi connectivity index (χ2v) is 9.02. The molecular weight excluding hydrogens is 352 g/mol. The first-order chi connectivity index (χ1) is 11.4. The van der Waals surface area contributed by atoms with Crippen molar-refractivity contribution in [3.8, 4) is 10.6 Å². The van der Waals surface area contributed by atoms with Gasteiger partial charge in [-0.25, -0.2) is 13.2 Å². The number of carbonyl (C=O) groups is 1. The van der Waals surface area contributed by atoms with Crippen molar-refractivity contribution in [2.75, 3.05) is 20.2 Å². The fourth-order valence-corrected chi connectivity index (χ4v) is 5.41. The van der Waals surface area contributed by atoms with Gasteiger partial charge >= 0.3 is 5.97 Å². The molecule has 3 heterocycles. The number of ether oxygens (including phenoxy) is 1. The van der Waals surface area contributed by atoms with Gasteiger partial charge in [-0.05, 0) is 30.9 Å². The molecule has 0 saturated carbocycles. The largest absolute Gasteiger partial charge is 0.464 e. The summed E-state index contributed by atoms with van der Waals surface area (Å²) in [4.78, 5) is 12.0. The number of rotatable bonds is 4. The highest BCUT2D eigenvalue weighted by atomic mass is 32.2. The van der Waals surface area contributed by atoms with Crippen LogP contribution in [0.25, 0.3) is 10.6 Å². The van der Waals surface area contributed by atoms with E-state index in [4.69, 9.17) is 4.52 Å². The van der Waals surface area contributed by atoms with Crippen LogP contribution in [0.2, 0.25) is 0 Å². The molecule has 0 aliphatic carbocycles. The van der Waals surface area contributed by atoms with Crippen molar-refractivity contribution in [2.24, 2.45) is 5.92 Å². The third kappa shape index (κ3) is 3.24. The highest BCUT2D eigenvalue weighted by molar-refractivity contribution is 7.91. The number of thiophene rings is 1. The number of piperidine rings is 1. The highest BCUT2D eigenvalue weighted by Gasteiger charge is 2.29. The van der Waals surface area contributed by atoms with E-state index in [0.29, 0.717) is 29.6 Å². The Hall–Kier alpha value is -1.71. The summed E-state index contributed by atoms with van der Waals surface area (Å²) >= 11 is 1.10. The number of hydrogen-bond donors (Lipinski definition) is 0. The van der Waals surface area contributed by atoms with Crippen LogP contribution in [0.15, 0.2) is 26.9 Å². The minimum Gasteiger partial charge on any atom is -0.464 e. The van der Waals surface area contributed by atoms with Crippen molar-refractivity contribution in [3.63, 3.8) is 0 Å². The Kier molecular flexibility index (Phi) is 4.75. The minimum atomic E-state index is -3.49. The summed E-state index contributed by atoms with van der Waals surface area (Å²) in [5.41, 5.74) is 0.0512. The van der Waals surface area contributed by atoms with Crippen LogP contribution in [0, 0.1) is 5.92 Å². The lowest BCUT2D eigenvalue weighted by molar-refractivity contribution is 0.0589. The summed E-state index contributed by atoms with van der Waals surface area (Å²) in [5, 5.41) is 3.63. The molecule has 2 aromatic heterocycles. The van der Waals surface area contributed by atoms with E-state index in [2.05, 4.69) is 16.8 Å². The van der Waals surface area contributed by atoms with Gasteiger partial charge in [0.25, 0.3) is 10.0 Å². The van der Waals surface area contributed by atoms with Gasteiger partial charge in [-0.1, -0.05) is 12.1 Å². The molecule has 1 saturated heterocycles. The lowest BCUT2D eigenvalue weighted by Gasteiger charge is -2.28. The predicted molar refractivity (Wildman–Crippen MR) is 88.3 cm³/mol. The molecule has 0 spiro atoms. The van der Waals surface area contributed by atoms with Crippen molar-refractivity contribution in [1.82, 2.24) is 9.46 Å². The fourth-order valence-electron chi connectivity index (χ4n) is 2.54. The second-order valence-electron chi connectivity index (χ2n) is 5.77. The van der Waals surface area contributed by atoms with Crippen LogP contribution in [0.4, 0.5) is 0 Å². The molecule has 0 unspecified atom stereocenters. The average Bonchev–Trinajstić information content (AvgIpc) is 3.23. The molecule has 1 aliphatic heterocycles. The van der Waals surface area contributed by atoms with Gasteiger partial charge in [0.15, 0.2) is 11.5 Å². The van der Waals surface area contributed by atoms with Crippen LogP contribution in [-0.2, 0) is 14.8 Å². The number of nitrogens with zero attached hydrogens (tertiary/aromatic N) is 2. The second kappa shape index (κ2) is 6.66. The van der Waals surface area contributed by atoms with Crippen LogP contribution in [0.5, 0.6) is 0 Å². The molecule has 0 atom stereocenters. The predicted octanol–water partition coefficient (Wildman–Crippen LogP) is 2.61. The molecule has 9 heteroatoms. The van der Waals surface area contributed by atoms with Gasteiger partial charge in [0, 0.05) is 19.2 Å². The third-order valence-corrected chi connectivity index (χ3v) is 7.53. The Bertz CT molecular complexity index is 832. The van der Waals surface area contributed by atoms with Crippen LogP contribution >= 0.6 is 11.3 Å². The van der Waals surface area contributed by atoms with E-state index in [1.165, 1.54) is 17.5 Å². The highest BCUT2D eigenvalue weighted by Crippen LogP contribution is 2.34. The zero-order valence-electron chi connectivity index (χ0n) is 13.4. The lowest BCUT2D eigenvalue weighted by Crippen LogP contribution is -2.37. The maximum atomic E-state index is 12.7. The van der Waals surface area contributed by atoms with E-state index in [9.17, 15) is 13.2 Å². The Morgan fingerprint density at radius 3 is 2.75 bits per heavy atom. The van der Waals surface area contributed by atoms with E-state index in [-0.39, 0.29) is 9.90 Å². The molecule has 0 amide bonds. The molecule has 2 aromatic rings. The molecule has 24 heavy (non-hydrogen) atoms. The summed E-state index contributed by atoms with van der Waals surface area (Å²) in [6.07, 6.45) is 1.75. The van der Waals surface area contributed by atoms with Crippen molar-refractivity contribution < 1.29 is 22.5 Å². The van der Waals surface area contributed by atoms with Crippen molar-refractivity contribution in [1.29, 1.82) is 0 Å². The van der Waals surface area contributed by atoms with Gasteiger partial charge in [0.2, 0.25) is 0 Å². The van der Waals surface area contributed by atoms with Crippen LogP contribution in [-0.4, -0.2) is 44.0 Å². The maximum Gasteiger partial charge on any atom is 0.360 e. The number of sulfonamides is 1. The summed E-state index contributed by atoms with van der Waals surface area (Å²) in [6, 6.07) is 4.66. The van der Waals surface area contributed by atoms with E-state index >= 15 is 0 Å². The van der Waals surface area contributed by atoms with E-state index in [1.54, 1.807) is 12.1 Å². The van der Waals surface area contributed by atoms with Gasteiger partial charge in [-0.3, -0.25) is 0 Å². The van der Waals surface area contributed by atoms with Crippen LogP contribution < -0.4 is 0 Å². The fraction of sp³-hybridized carbons (Fsp3) is 0.467. The Morgan fingerprint density at radius 2 is 2.08 bits per heavy atom. The molecule has 130 valence electrons. The molecule has 3 rings (SSSR count). The molecule has 1 fully saturated rings. The summed E-state index contributed by atoms with van der Waals surface area (Å²) < 4.78 is 36.9. The summed E-state index contributed by atoms with van der Waals surface area (Å²) in [6.45, 7) is 3.23. The van der Waals surface area contributed by atoms with Gasteiger partial charge < -0.3 is 9.26 Å². The van der Waals surface area contributed by atoms with E-state index in [0.717, 1.165) is 24.2 Å². The first kappa shape index (κ1) is 17.1. The minimum absolute atomic E-state index is 0.0512. The molecule has 1 aliphatic rings. The van der Waals surface area contributed by atoms with E-state index in [1.807, 2.05) is 0 Å². The standard InChI is InChI=1S/C15H18N2O5S2/c1-10-5-7-17(8-6-10)24(19,20)14-4-3-13(23-14)12-9-11(16-22-12)15(18)21-2/h3-4,9-10H,5-8H2,1-2H3. The SMILES string of the molecule is COC(=O)c1cc(-c2ccc(S(=O)(=O)N3CCC(C)CC3)s2)on1. The molecule has 0 radical (unpaired) electrons. The van der Waals surface area contributed by atoms with Gasteiger partial charge in [-0.2, -0.15) is 4.31 Å². The monoisotopic (exact) mass is 370 g/mol. The van der Waals surface area contributed by atoms with Crippen molar-refractivity contribution >= 4 is 27.3 Å². The molecule has 0 N–H and O–H groups in total. The lowest BCUT2D eigenvalue weighted by atomic mass is 10.0. The summed E-state index contributed by atoms with van der Waals surface area (Å²) in [5.74, 6) is 0.298. The normalized spacial score (nSPS) is 17.1. The Morgan fingerprint density at radius 1 is 1.38 bits per heavy atom. The maximum absolute atomic E-state index is 12.7. The number of aromatic nitrogens is 1. The first-order valence-electron chi connectivity index (χ1n) is 7.57. The topological polar surface area (TPSA) is 89.7 Å². The van der Waals surface area contributed by atoms with Crippen molar-refractivity contribution in [2.45, 2.75) is 24.0 Å². The van der Waals surface area contributed by atoms with E-state index < -0.39 is 16.0 Å². The van der Waals surface area contributed by atoms with Gasteiger partial charge in [-0.15, -0.1) is 11.3 Å². The zero-order valence-corrected chi connectivity index (χ0v) is 15.0. The Labute approximate surface area is 144 Å². The molecule has 0 bridgehead atoms. The molecule has 7 nitrogen and oxygen atoms in total. The van der Waals surface area contributed by atoms with Crippen LogP contribution in [0.1, 0.15) is 30.3 Å². The molecule has 0 aromatic carbocycles. The molecular formula is C15H18N2O5S2. The van der Waals surface area contributed by atoms with Gasteiger partial charge in [0.1, 0.15) is 4.21 Å².